The Bertz CT molecular complexity index is 294. The molecule has 1 aliphatic carbocycles. The van der Waals surface area contributed by atoms with Gasteiger partial charge in [-0.15, -0.1) is 0 Å². The molecule has 0 saturated carbocycles. The molecule has 0 saturated heterocycles. The van der Waals surface area contributed by atoms with Crippen molar-refractivity contribution in [2.24, 2.45) is 0 Å². The second-order valence-electron chi connectivity index (χ2n) is 3.35. The lowest BCUT2D eigenvalue weighted by atomic mass is 9.90. The van der Waals surface area contributed by atoms with Crippen molar-refractivity contribution in [1.82, 2.24) is 0 Å². The van der Waals surface area contributed by atoms with Crippen molar-refractivity contribution in [3.8, 4) is 5.75 Å². The number of aryl methyl sites for hydroxylation is 1. The van der Waals surface area contributed by atoms with Gasteiger partial charge in [-0.2, -0.15) is 0 Å². The Balaban J connectivity index is 2.37. The van der Waals surface area contributed by atoms with Crippen molar-refractivity contribution in [1.29, 1.82) is 0 Å². The van der Waals surface area contributed by atoms with Crippen LogP contribution in [-0.2, 0) is 12.8 Å². The molecule has 0 radical (unpaired) electrons. The van der Waals surface area contributed by atoms with Crippen LogP contribution in [-0.4, -0.2) is 16.3 Å². The lowest BCUT2D eigenvalue weighted by Gasteiger charge is -2.20. The number of phenols is 1. The van der Waals surface area contributed by atoms with E-state index in [4.69, 9.17) is 0 Å². The maximum atomic E-state index is 9.36. The van der Waals surface area contributed by atoms with Crippen molar-refractivity contribution < 1.29 is 10.2 Å². The van der Waals surface area contributed by atoms with E-state index in [2.05, 4.69) is 0 Å². The van der Waals surface area contributed by atoms with E-state index in [-0.39, 0.29) is 6.10 Å². The van der Waals surface area contributed by atoms with Crippen LogP contribution >= 0.6 is 0 Å². The second-order valence-corrected chi connectivity index (χ2v) is 3.35. The summed E-state index contributed by atoms with van der Waals surface area (Å²) in [6.07, 6.45) is 2.23. The molecule has 0 amide bonds. The standard InChI is InChI=1S/C10H12O2/c11-9-3-1-7-5-10(12)4-2-8(7)6-9/h1,3,6,10-12H,2,4-5H2/t10-/m1/s1. The molecule has 1 atom stereocenters. The van der Waals surface area contributed by atoms with Crippen LogP contribution in [0.4, 0.5) is 0 Å². The minimum Gasteiger partial charge on any atom is -0.508 e. The molecule has 1 aromatic rings. The summed E-state index contributed by atoms with van der Waals surface area (Å²) in [4.78, 5) is 0. The monoisotopic (exact) mass is 164 g/mol. The number of rotatable bonds is 0. The highest BCUT2D eigenvalue weighted by Crippen LogP contribution is 2.24. The zero-order chi connectivity index (χ0) is 8.55. The first-order chi connectivity index (χ1) is 5.75. The molecule has 0 aliphatic heterocycles. The highest BCUT2D eigenvalue weighted by Gasteiger charge is 2.15. The van der Waals surface area contributed by atoms with Gasteiger partial charge in [0.2, 0.25) is 0 Å². The summed E-state index contributed by atoms with van der Waals surface area (Å²) in [6, 6.07) is 5.37. The minimum absolute atomic E-state index is 0.193. The molecular formula is C10H12O2. The SMILES string of the molecule is Oc1ccc2c(c1)CC[C@@H](O)C2. The summed E-state index contributed by atoms with van der Waals surface area (Å²) < 4.78 is 0. The molecular weight excluding hydrogens is 152 g/mol. The zero-order valence-electron chi connectivity index (χ0n) is 6.83. The van der Waals surface area contributed by atoms with Gasteiger partial charge in [-0.05, 0) is 42.5 Å². The van der Waals surface area contributed by atoms with Gasteiger partial charge in [0.25, 0.3) is 0 Å². The highest BCUT2D eigenvalue weighted by atomic mass is 16.3. The maximum absolute atomic E-state index is 9.36. The summed E-state index contributed by atoms with van der Waals surface area (Å²) >= 11 is 0. The fourth-order valence-corrected chi connectivity index (χ4v) is 1.72. The van der Waals surface area contributed by atoms with Gasteiger partial charge in [-0.1, -0.05) is 6.07 Å². The van der Waals surface area contributed by atoms with Gasteiger partial charge in [-0.25, -0.2) is 0 Å². The number of hydrogen-bond acceptors (Lipinski definition) is 2. The number of benzene rings is 1. The van der Waals surface area contributed by atoms with Gasteiger partial charge in [0.15, 0.2) is 0 Å². The van der Waals surface area contributed by atoms with E-state index in [1.165, 1.54) is 11.1 Å². The Morgan fingerprint density at radius 1 is 1.25 bits per heavy atom. The Morgan fingerprint density at radius 3 is 2.92 bits per heavy atom. The van der Waals surface area contributed by atoms with E-state index in [1.807, 2.05) is 6.07 Å². The third kappa shape index (κ3) is 1.30. The maximum Gasteiger partial charge on any atom is 0.115 e. The summed E-state index contributed by atoms with van der Waals surface area (Å²) in [7, 11) is 0. The molecule has 12 heavy (non-hydrogen) atoms. The summed E-state index contributed by atoms with van der Waals surface area (Å²) in [5.74, 6) is 0.324. The molecule has 0 spiro atoms. The topological polar surface area (TPSA) is 40.5 Å². The van der Waals surface area contributed by atoms with Gasteiger partial charge >= 0.3 is 0 Å². The van der Waals surface area contributed by atoms with Gasteiger partial charge in [0, 0.05) is 0 Å². The third-order valence-electron chi connectivity index (χ3n) is 2.39. The van der Waals surface area contributed by atoms with Gasteiger partial charge < -0.3 is 10.2 Å². The van der Waals surface area contributed by atoms with Crippen LogP contribution in [0.15, 0.2) is 18.2 Å². The van der Waals surface area contributed by atoms with Crippen molar-refractivity contribution in [3.63, 3.8) is 0 Å². The number of hydrogen-bond donors (Lipinski definition) is 2. The average Bonchev–Trinajstić information content (AvgIpc) is 2.05. The van der Waals surface area contributed by atoms with Crippen LogP contribution in [0.1, 0.15) is 17.5 Å². The molecule has 2 rings (SSSR count). The Labute approximate surface area is 71.5 Å². The first kappa shape index (κ1) is 7.62. The summed E-state index contributed by atoms with van der Waals surface area (Å²) in [5, 5.41) is 18.6. The third-order valence-corrected chi connectivity index (χ3v) is 2.39. The number of fused-ring (bicyclic) bond motifs is 1. The molecule has 1 aromatic carbocycles. The predicted molar refractivity (Wildman–Crippen MR) is 46.1 cm³/mol. The highest BCUT2D eigenvalue weighted by molar-refractivity contribution is 5.36. The van der Waals surface area contributed by atoms with Crippen LogP contribution in [0.3, 0.4) is 0 Å². The Morgan fingerprint density at radius 2 is 2.08 bits per heavy atom. The van der Waals surface area contributed by atoms with Crippen LogP contribution in [0.2, 0.25) is 0 Å². The molecule has 0 bridgehead atoms. The van der Waals surface area contributed by atoms with Gasteiger partial charge in [0.05, 0.1) is 6.10 Å². The normalized spacial score (nSPS) is 21.9. The first-order valence-electron chi connectivity index (χ1n) is 4.24. The molecule has 2 N–H and O–H groups in total. The predicted octanol–water partition coefficient (Wildman–Crippen LogP) is 1.24. The molecule has 0 unspecified atom stereocenters. The first-order valence-corrected chi connectivity index (χ1v) is 4.24. The molecule has 2 heteroatoms. The Kier molecular flexibility index (Phi) is 1.77. The average molecular weight is 164 g/mol. The number of aliphatic hydroxyl groups excluding tert-OH is 1. The molecule has 2 nitrogen and oxygen atoms in total. The van der Waals surface area contributed by atoms with Crippen LogP contribution in [0, 0.1) is 0 Å². The van der Waals surface area contributed by atoms with Crippen molar-refractivity contribution in [3.05, 3.63) is 29.3 Å². The van der Waals surface area contributed by atoms with Crippen LogP contribution in [0.5, 0.6) is 5.75 Å². The summed E-state index contributed by atoms with van der Waals surface area (Å²) in [5.41, 5.74) is 2.35. The molecule has 0 fully saturated rings. The van der Waals surface area contributed by atoms with E-state index < -0.39 is 0 Å². The fourth-order valence-electron chi connectivity index (χ4n) is 1.72. The van der Waals surface area contributed by atoms with E-state index in [0.29, 0.717) is 5.75 Å². The number of aliphatic hydroxyl groups is 1. The molecule has 1 aliphatic rings. The van der Waals surface area contributed by atoms with E-state index in [0.717, 1.165) is 19.3 Å². The van der Waals surface area contributed by atoms with Crippen molar-refractivity contribution in [2.75, 3.05) is 0 Å². The van der Waals surface area contributed by atoms with E-state index in [1.54, 1.807) is 12.1 Å². The zero-order valence-corrected chi connectivity index (χ0v) is 6.83. The Hall–Kier alpha value is -1.02. The van der Waals surface area contributed by atoms with Gasteiger partial charge in [-0.3, -0.25) is 0 Å². The van der Waals surface area contributed by atoms with Crippen molar-refractivity contribution in [2.45, 2.75) is 25.4 Å². The summed E-state index contributed by atoms with van der Waals surface area (Å²) in [6.45, 7) is 0. The lowest BCUT2D eigenvalue weighted by Crippen LogP contribution is -2.18. The largest absolute Gasteiger partial charge is 0.508 e. The number of aromatic hydroxyl groups is 1. The quantitative estimate of drug-likeness (QED) is 0.605. The van der Waals surface area contributed by atoms with E-state index >= 15 is 0 Å². The molecule has 64 valence electrons. The van der Waals surface area contributed by atoms with Crippen molar-refractivity contribution >= 4 is 0 Å². The lowest BCUT2D eigenvalue weighted by molar-refractivity contribution is 0.158. The number of phenolic OH excluding ortho intramolecular Hbond substituents is 1. The van der Waals surface area contributed by atoms with Gasteiger partial charge in [0.1, 0.15) is 5.75 Å². The van der Waals surface area contributed by atoms with Crippen LogP contribution < -0.4 is 0 Å². The smallest absolute Gasteiger partial charge is 0.115 e. The molecule has 0 aromatic heterocycles. The molecule has 0 heterocycles. The van der Waals surface area contributed by atoms with Crippen LogP contribution in [0.25, 0.3) is 0 Å². The van der Waals surface area contributed by atoms with E-state index in [9.17, 15) is 10.2 Å². The minimum atomic E-state index is -0.193. The second kappa shape index (κ2) is 2.79. The fraction of sp³-hybridized carbons (Fsp3) is 0.400.